The predicted octanol–water partition coefficient (Wildman–Crippen LogP) is 1.22. The second-order valence-corrected chi connectivity index (χ2v) is 4.29. The second-order valence-electron chi connectivity index (χ2n) is 4.29. The first kappa shape index (κ1) is 14.0. The van der Waals surface area contributed by atoms with Crippen LogP contribution in [0, 0.1) is 12.8 Å². The molecule has 0 aromatic carbocycles. The van der Waals surface area contributed by atoms with Crippen molar-refractivity contribution in [1.82, 2.24) is 10.1 Å². The average molecular weight is 260 g/mol. The van der Waals surface area contributed by atoms with Crippen molar-refractivity contribution in [3.05, 3.63) is 17.5 Å². The van der Waals surface area contributed by atoms with E-state index in [4.69, 9.17) is 10.3 Å². The largest absolute Gasteiger partial charge is 0.361 e. The fraction of sp³-hybridized carbons (Fsp3) is 0.636. The maximum Gasteiger partial charge on any atom is 0.276 e. The normalized spacial score (nSPS) is 16.7. The summed E-state index contributed by atoms with van der Waals surface area (Å²) in [6.45, 7) is 4.04. The Balaban J connectivity index is 0.00000144. The van der Waals surface area contributed by atoms with Crippen molar-refractivity contribution in [2.75, 3.05) is 19.6 Å². The lowest BCUT2D eigenvalue weighted by Crippen LogP contribution is -2.40. The van der Waals surface area contributed by atoms with Crippen LogP contribution < -0.4 is 5.73 Å². The Bertz CT molecular complexity index is 373. The van der Waals surface area contributed by atoms with Gasteiger partial charge in [-0.25, -0.2) is 0 Å². The molecule has 1 amide bonds. The molecule has 1 aliphatic heterocycles. The summed E-state index contributed by atoms with van der Waals surface area (Å²) in [5.41, 5.74) is 6.01. The Labute approximate surface area is 107 Å². The second kappa shape index (κ2) is 6.02. The van der Waals surface area contributed by atoms with Crippen LogP contribution in [0.15, 0.2) is 10.6 Å². The number of likely N-dealkylation sites (tertiary alicyclic amines) is 1. The molecule has 0 bridgehead atoms. The van der Waals surface area contributed by atoms with Gasteiger partial charge in [-0.2, -0.15) is 0 Å². The van der Waals surface area contributed by atoms with Crippen LogP contribution in [0.25, 0.3) is 0 Å². The topological polar surface area (TPSA) is 72.4 Å². The maximum absolute atomic E-state index is 12.0. The molecule has 6 heteroatoms. The average Bonchev–Trinajstić information content (AvgIpc) is 2.75. The van der Waals surface area contributed by atoms with Crippen molar-refractivity contribution >= 4 is 18.3 Å². The molecule has 2 heterocycles. The minimum Gasteiger partial charge on any atom is -0.361 e. The zero-order valence-corrected chi connectivity index (χ0v) is 10.7. The molecule has 1 aromatic rings. The number of carbonyl (C=O) groups is 1. The molecule has 1 aromatic heterocycles. The van der Waals surface area contributed by atoms with Crippen LogP contribution in [0.2, 0.25) is 0 Å². The molecule has 0 unspecified atom stereocenters. The van der Waals surface area contributed by atoms with Crippen molar-refractivity contribution in [2.24, 2.45) is 11.7 Å². The van der Waals surface area contributed by atoms with Gasteiger partial charge < -0.3 is 15.2 Å². The van der Waals surface area contributed by atoms with Crippen LogP contribution in [-0.4, -0.2) is 35.6 Å². The highest BCUT2D eigenvalue weighted by Gasteiger charge is 2.24. The molecule has 2 N–H and O–H groups in total. The number of nitrogens with zero attached hydrogens (tertiary/aromatic N) is 2. The van der Waals surface area contributed by atoms with Gasteiger partial charge in [-0.15, -0.1) is 12.4 Å². The maximum atomic E-state index is 12.0. The van der Waals surface area contributed by atoms with Crippen LogP contribution in [0.4, 0.5) is 0 Å². The van der Waals surface area contributed by atoms with Gasteiger partial charge in [-0.05, 0) is 32.2 Å². The van der Waals surface area contributed by atoms with E-state index in [1.54, 1.807) is 13.0 Å². The Hall–Kier alpha value is -1.07. The van der Waals surface area contributed by atoms with E-state index in [-0.39, 0.29) is 18.3 Å². The summed E-state index contributed by atoms with van der Waals surface area (Å²) >= 11 is 0. The third-order valence-corrected chi connectivity index (χ3v) is 3.08. The lowest BCUT2D eigenvalue weighted by Gasteiger charge is -2.30. The first-order valence-corrected chi connectivity index (χ1v) is 5.63. The Morgan fingerprint density at radius 3 is 2.71 bits per heavy atom. The molecule has 1 aliphatic rings. The Morgan fingerprint density at radius 2 is 2.24 bits per heavy atom. The van der Waals surface area contributed by atoms with E-state index < -0.39 is 0 Å². The smallest absolute Gasteiger partial charge is 0.276 e. The van der Waals surface area contributed by atoms with Crippen LogP contribution >= 0.6 is 12.4 Å². The predicted molar refractivity (Wildman–Crippen MR) is 66.2 cm³/mol. The van der Waals surface area contributed by atoms with E-state index >= 15 is 0 Å². The van der Waals surface area contributed by atoms with Crippen LogP contribution in [0.5, 0.6) is 0 Å². The lowest BCUT2D eigenvalue weighted by molar-refractivity contribution is 0.0683. The minimum absolute atomic E-state index is 0. The molecule has 1 fully saturated rings. The van der Waals surface area contributed by atoms with Crippen molar-refractivity contribution in [3.63, 3.8) is 0 Å². The third-order valence-electron chi connectivity index (χ3n) is 3.08. The molecule has 0 aliphatic carbocycles. The van der Waals surface area contributed by atoms with Crippen LogP contribution in [0.3, 0.4) is 0 Å². The molecule has 0 radical (unpaired) electrons. The van der Waals surface area contributed by atoms with Crippen molar-refractivity contribution in [1.29, 1.82) is 0 Å². The standard InChI is InChI=1S/C11H17N3O2.ClH/c1-8-6-10(13-16-8)11(15)14-4-2-9(7-12)3-5-14;/h6,9H,2-5,7,12H2,1H3;1H. The summed E-state index contributed by atoms with van der Waals surface area (Å²) in [6.07, 6.45) is 1.97. The van der Waals surface area contributed by atoms with E-state index in [1.165, 1.54) is 0 Å². The van der Waals surface area contributed by atoms with E-state index in [0.717, 1.165) is 25.9 Å². The van der Waals surface area contributed by atoms with Gasteiger partial charge in [0, 0.05) is 19.2 Å². The van der Waals surface area contributed by atoms with E-state index in [0.29, 0.717) is 23.9 Å². The number of halogens is 1. The molecule has 0 spiro atoms. The molecule has 0 saturated carbocycles. The zero-order chi connectivity index (χ0) is 11.5. The monoisotopic (exact) mass is 259 g/mol. The van der Waals surface area contributed by atoms with Gasteiger partial charge in [0.25, 0.3) is 5.91 Å². The summed E-state index contributed by atoms with van der Waals surface area (Å²) in [6, 6.07) is 1.68. The number of piperidine rings is 1. The zero-order valence-electron chi connectivity index (χ0n) is 9.89. The fourth-order valence-corrected chi connectivity index (χ4v) is 2.00. The number of carbonyl (C=O) groups excluding carboxylic acids is 1. The molecule has 0 atom stereocenters. The van der Waals surface area contributed by atoms with Crippen molar-refractivity contribution < 1.29 is 9.32 Å². The van der Waals surface area contributed by atoms with Gasteiger partial charge in [-0.3, -0.25) is 4.79 Å². The molecule has 96 valence electrons. The molecule has 5 nitrogen and oxygen atoms in total. The van der Waals surface area contributed by atoms with Crippen LogP contribution in [-0.2, 0) is 0 Å². The third kappa shape index (κ3) is 3.20. The Kier molecular flexibility index (Phi) is 4.96. The fourth-order valence-electron chi connectivity index (χ4n) is 2.00. The molecule has 1 saturated heterocycles. The number of aryl methyl sites for hydroxylation is 1. The van der Waals surface area contributed by atoms with Gasteiger partial charge in [0.1, 0.15) is 5.76 Å². The number of amides is 1. The summed E-state index contributed by atoms with van der Waals surface area (Å²) in [7, 11) is 0. The van der Waals surface area contributed by atoms with Crippen molar-refractivity contribution in [3.8, 4) is 0 Å². The van der Waals surface area contributed by atoms with Gasteiger partial charge in [-0.1, -0.05) is 5.16 Å². The number of nitrogens with two attached hydrogens (primary N) is 1. The minimum atomic E-state index is -0.0349. The highest BCUT2D eigenvalue weighted by molar-refractivity contribution is 5.92. The van der Waals surface area contributed by atoms with Gasteiger partial charge in [0.05, 0.1) is 0 Å². The molecular weight excluding hydrogens is 242 g/mol. The quantitative estimate of drug-likeness (QED) is 0.867. The van der Waals surface area contributed by atoms with Gasteiger partial charge in [0.15, 0.2) is 5.69 Å². The highest BCUT2D eigenvalue weighted by atomic mass is 35.5. The Morgan fingerprint density at radius 1 is 1.59 bits per heavy atom. The SMILES string of the molecule is Cc1cc(C(=O)N2CCC(CN)CC2)no1.Cl. The molecular formula is C11H18ClN3O2. The summed E-state index contributed by atoms with van der Waals surface area (Å²) in [5, 5.41) is 3.74. The molecule has 2 rings (SSSR count). The lowest BCUT2D eigenvalue weighted by atomic mass is 9.97. The van der Waals surface area contributed by atoms with Gasteiger partial charge >= 0.3 is 0 Å². The number of rotatable bonds is 2. The van der Waals surface area contributed by atoms with Crippen LogP contribution in [0.1, 0.15) is 29.1 Å². The van der Waals surface area contributed by atoms with E-state index in [2.05, 4.69) is 5.16 Å². The number of aromatic nitrogens is 1. The summed E-state index contributed by atoms with van der Waals surface area (Å²) in [5.74, 6) is 1.19. The first-order chi connectivity index (χ1) is 7.70. The highest BCUT2D eigenvalue weighted by Crippen LogP contribution is 2.17. The van der Waals surface area contributed by atoms with Crippen molar-refractivity contribution in [2.45, 2.75) is 19.8 Å². The van der Waals surface area contributed by atoms with E-state index in [9.17, 15) is 4.79 Å². The number of hydrogen-bond donors (Lipinski definition) is 1. The summed E-state index contributed by atoms with van der Waals surface area (Å²) < 4.78 is 4.90. The number of hydrogen-bond acceptors (Lipinski definition) is 4. The molecule has 17 heavy (non-hydrogen) atoms. The summed E-state index contributed by atoms with van der Waals surface area (Å²) in [4.78, 5) is 13.8. The first-order valence-electron chi connectivity index (χ1n) is 5.63. The van der Waals surface area contributed by atoms with Gasteiger partial charge in [0.2, 0.25) is 0 Å². The van der Waals surface area contributed by atoms with E-state index in [1.807, 2.05) is 4.90 Å².